The Morgan fingerprint density at radius 1 is 1.04 bits per heavy atom. The first-order valence-electron chi connectivity index (χ1n) is 8.95. The monoisotopic (exact) mass is 405 g/mol. The van der Waals surface area contributed by atoms with Crippen molar-refractivity contribution in [3.8, 4) is 11.3 Å². The molecule has 6 heteroatoms. The van der Waals surface area contributed by atoms with E-state index < -0.39 is 0 Å². The quantitative estimate of drug-likeness (QED) is 0.484. The van der Waals surface area contributed by atoms with Gasteiger partial charge in [-0.3, -0.25) is 9.89 Å². The highest BCUT2D eigenvalue weighted by Gasteiger charge is 2.42. The number of aromatic nitrogens is 2. The number of amides is 1. The summed E-state index contributed by atoms with van der Waals surface area (Å²) in [6, 6.07) is 21.6. The van der Waals surface area contributed by atoms with Crippen molar-refractivity contribution in [3.05, 3.63) is 98.8 Å². The van der Waals surface area contributed by atoms with Gasteiger partial charge in [0.25, 0.3) is 5.91 Å². The molecule has 1 unspecified atom stereocenters. The molecule has 4 nitrogen and oxygen atoms in total. The van der Waals surface area contributed by atoms with E-state index >= 15 is 0 Å². The van der Waals surface area contributed by atoms with Crippen LogP contribution in [0, 0.1) is 0 Å². The van der Waals surface area contributed by atoms with Gasteiger partial charge in [-0.1, -0.05) is 60.1 Å². The first-order chi connectivity index (χ1) is 13.7. The molecule has 4 aromatic rings. The molecule has 0 radical (unpaired) electrons. The van der Waals surface area contributed by atoms with Crippen LogP contribution in [0.15, 0.2) is 72.1 Å². The molecule has 28 heavy (non-hydrogen) atoms. The molecular formula is C22H16ClN3OS. The van der Waals surface area contributed by atoms with Gasteiger partial charge in [-0.05, 0) is 29.1 Å². The van der Waals surface area contributed by atoms with Gasteiger partial charge >= 0.3 is 0 Å². The minimum absolute atomic E-state index is 0.0232. The number of benzene rings is 2. The molecule has 1 amide bonds. The number of nitrogens with zero attached hydrogens (tertiary/aromatic N) is 2. The van der Waals surface area contributed by atoms with Gasteiger partial charge in [0, 0.05) is 27.6 Å². The van der Waals surface area contributed by atoms with Crippen molar-refractivity contribution in [2.75, 3.05) is 0 Å². The number of halogens is 1. The summed E-state index contributed by atoms with van der Waals surface area (Å²) in [6.07, 6.45) is 0. The smallest absolute Gasteiger partial charge is 0.273 e. The van der Waals surface area contributed by atoms with E-state index in [0.717, 1.165) is 27.3 Å². The zero-order valence-corrected chi connectivity index (χ0v) is 16.4. The van der Waals surface area contributed by atoms with Crippen molar-refractivity contribution in [2.45, 2.75) is 12.6 Å². The second-order valence-corrected chi connectivity index (χ2v) is 8.12. The summed E-state index contributed by atoms with van der Waals surface area (Å²) >= 11 is 7.70. The van der Waals surface area contributed by atoms with Crippen LogP contribution in [0.2, 0.25) is 5.02 Å². The number of aromatic amines is 1. The topological polar surface area (TPSA) is 49.0 Å². The number of rotatable bonds is 4. The molecule has 1 N–H and O–H groups in total. The Bertz CT molecular complexity index is 1120. The van der Waals surface area contributed by atoms with E-state index in [9.17, 15) is 4.79 Å². The number of hydrogen-bond donors (Lipinski definition) is 1. The standard InChI is InChI=1S/C22H16ClN3OS/c23-16-10-8-15(9-11-16)19-18-20(25-24-19)22(27)26(13-14-5-2-1-3-6-14)21(18)17-7-4-12-28-17/h1-12,21H,13H2,(H,24,25). The number of thiophene rings is 1. The zero-order valence-electron chi connectivity index (χ0n) is 14.8. The van der Waals surface area contributed by atoms with Gasteiger partial charge in [0.1, 0.15) is 5.69 Å². The molecule has 138 valence electrons. The number of carbonyl (C=O) groups is 1. The van der Waals surface area contributed by atoms with Crippen LogP contribution in [0.4, 0.5) is 0 Å². The summed E-state index contributed by atoms with van der Waals surface area (Å²) in [4.78, 5) is 16.3. The molecule has 0 saturated carbocycles. The Hall–Kier alpha value is -2.89. The SMILES string of the molecule is O=C1c2[nH]nc(-c3ccc(Cl)cc3)c2C(c2cccs2)N1Cc1ccccc1. The van der Waals surface area contributed by atoms with Crippen LogP contribution in [0.3, 0.4) is 0 Å². The second kappa shape index (κ2) is 6.93. The lowest BCUT2D eigenvalue weighted by Gasteiger charge is -2.25. The minimum Gasteiger partial charge on any atom is -0.321 e. The van der Waals surface area contributed by atoms with E-state index in [1.807, 2.05) is 70.9 Å². The molecule has 0 spiro atoms. The average Bonchev–Trinajstić information content (AvgIpc) is 3.43. The van der Waals surface area contributed by atoms with Crippen LogP contribution in [0.25, 0.3) is 11.3 Å². The summed E-state index contributed by atoms with van der Waals surface area (Å²) in [5, 5.41) is 10.2. The van der Waals surface area contributed by atoms with Crippen molar-refractivity contribution in [3.63, 3.8) is 0 Å². The number of hydrogen-bond acceptors (Lipinski definition) is 3. The van der Waals surface area contributed by atoms with E-state index in [0.29, 0.717) is 17.3 Å². The molecule has 2 aromatic carbocycles. The van der Waals surface area contributed by atoms with E-state index in [4.69, 9.17) is 11.6 Å². The van der Waals surface area contributed by atoms with Crippen molar-refractivity contribution < 1.29 is 4.79 Å². The van der Waals surface area contributed by atoms with E-state index in [1.165, 1.54) is 0 Å². The van der Waals surface area contributed by atoms with Crippen LogP contribution >= 0.6 is 22.9 Å². The van der Waals surface area contributed by atoms with E-state index in [2.05, 4.69) is 16.3 Å². The summed E-state index contributed by atoms with van der Waals surface area (Å²) < 4.78 is 0. The highest BCUT2D eigenvalue weighted by Crippen LogP contribution is 2.44. The highest BCUT2D eigenvalue weighted by molar-refractivity contribution is 7.10. The van der Waals surface area contributed by atoms with Gasteiger partial charge in [-0.15, -0.1) is 11.3 Å². The molecule has 0 bridgehead atoms. The van der Waals surface area contributed by atoms with Crippen molar-refractivity contribution in [1.82, 2.24) is 15.1 Å². The van der Waals surface area contributed by atoms with Crippen LogP contribution in [-0.2, 0) is 6.54 Å². The van der Waals surface area contributed by atoms with Crippen molar-refractivity contribution in [1.29, 1.82) is 0 Å². The Labute approximate surface area is 171 Å². The maximum atomic E-state index is 13.2. The molecule has 0 fully saturated rings. The van der Waals surface area contributed by atoms with Gasteiger partial charge in [0.05, 0.1) is 11.7 Å². The summed E-state index contributed by atoms with van der Waals surface area (Å²) in [6.45, 7) is 0.546. The maximum absolute atomic E-state index is 13.2. The summed E-state index contributed by atoms with van der Waals surface area (Å²) in [7, 11) is 0. The minimum atomic E-state index is -0.160. The predicted octanol–water partition coefficient (Wildman–Crippen LogP) is 5.54. The Morgan fingerprint density at radius 2 is 1.82 bits per heavy atom. The Balaban J connectivity index is 1.63. The molecule has 3 heterocycles. The Morgan fingerprint density at radius 3 is 2.54 bits per heavy atom. The molecular weight excluding hydrogens is 390 g/mol. The largest absolute Gasteiger partial charge is 0.321 e. The van der Waals surface area contributed by atoms with Crippen molar-refractivity contribution in [2.24, 2.45) is 0 Å². The fourth-order valence-corrected chi connectivity index (χ4v) is 4.68. The lowest BCUT2D eigenvalue weighted by Crippen LogP contribution is -2.28. The molecule has 0 aliphatic carbocycles. The van der Waals surface area contributed by atoms with E-state index in [1.54, 1.807) is 11.3 Å². The van der Waals surface area contributed by atoms with Gasteiger partial charge in [-0.25, -0.2) is 0 Å². The summed E-state index contributed by atoms with van der Waals surface area (Å²) in [5.41, 5.74) is 4.35. The molecule has 0 saturated heterocycles. The van der Waals surface area contributed by atoms with Gasteiger partial charge in [0.2, 0.25) is 0 Å². The van der Waals surface area contributed by atoms with E-state index in [-0.39, 0.29) is 11.9 Å². The predicted molar refractivity (Wildman–Crippen MR) is 112 cm³/mol. The van der Waals surface area contributed by atoms with Gasteiger partial charge < -0.3 is 4.90 Å². The molecule has 1 atom stereocenters. The number of carbonyl (C=O) groups excluding carboxylic acids is 1. The number of H-pyrrole nitrogens is 1. The molecule has 2 aromatic heterocycles. The van der Waals surface area contributed by atoms with Gasteiger partial charge in [0.15, 0.2) is 0 Å². The first kappa shape index (κ1) is 17.2. The lowest BCUT2D eigenvalue weighted by atomic mass is 10.0. The third kappa shape index (κ3) is 2.84. The summed E-state index contributed by atoms with van der Waals surface area (Å²) in [5.74, 6) is -0.0232. The normalized spacial score (nSPS) is 15.8. The second-order valence-electron chi connectivity index (χ2n) is 6.70. The zero-order chi connectivity index (χ0) is 19.1. The average molecular weight is 406 g/mol. The molecule has 1 aliphatic rings. The Kier molecular flexibility index (Phi) is 4.26. The third-order valence-electron chi connectivity index (χ3n) is 4.99. The highest BCUT2D eigenvalue weighted by atomic mass is 35.5. The third-order valence-corrected chi connectivity index (χ3v) is 6.17. The lowest BCUT2D eigenvalue weighted by molar-refractivity contribution is 0.0732. The fraction of sp³-hybridized carbons (Fsp3) is 0.0909. The molecule has 5 rings (SSSR count). The number of nitrogens with one attached hydrogen (secondary N) is 1. The van der Waals surface area contributed by atoms with Crippen LogP contribution < -0.4 is 0 Å². The number of fused-ring (bicyclic) bond motifs is 1. The van der Waals surface area contributed by atoms with Gasteiger partial charge in [-0.2, -0.15) is 5.10 Å². The van der Waals surface area contributed by atoms with Crippen LogP contribution in [0.5, 0.6) is 0 Å². The first-order valence-corrected chi connectivity index (χ1v) is 10.2. The maximum Gasteiger partial charge on any atom is 0.273 e. The van der Waals surface area contributed by atoms with Crippen molar-refractivity contribution >= 4 is 28.8 Å². The van der Waals surface area contributed by atoms with Crippen LogP contribution in [0.1, 0.15) is 32.5 Å². The molecule has 1 aliphatic heterocycles. The van der Waals surface area contributed by atoms with Crippen LogP contribution in [-0.4, -0.2) is 21.0 Å². The fourth-order valence-electron chi connectivity index (χ4n) is 3.71.